The fourth-order valence-electron chi connectivity index (χ4n) is 1.38. The smallest absolute Gasteiger partial charge is 0.224 e. The fraction of sp³-hybridized carbons (Fsp3) is 0.500. The van der Waals surface area contributed by atoms with E-state index in [1.807, 2.05) is 6.92 Å². The van der Waals surface area contributed by atoms with Crippen LogP contribution in [0.1, 0.15) is 34.1 Å². The molecule has 0 aliphatic rings. The lowest BCUT2D eigenvalue weighted by Crippen LogP contribution is -2.24. The van der Waals surface area contributed by atoms with E-state index >= 15 is 0 Å². The van der Waals surface area contributed by atoms with Crippen LogP contribution in [0.4, 0.5) is 10.1 Å². The van der Waals surface area contributed by atoms with Crippen LogP contribution in [0.3, 0.4) is 0 Å². The van der Waals surface area contributed by atoms with E-state index in [2.05, 4.69) is 42.0 Å². The molecule has 4 heteroatoms. The highest BCUT2D eigenvalue weighted by atomic mass is 79.9. The van der Waals surface area contributed by atoms with E-state index in [4.69, 9.17) is 0 Å². The van der Waals surface area contributed by atoms with Crippen LogP contribution in [-0.4, -0.2) is 5.91 Å². The molecule has 0 aliphatic heterocycles. The third kappa shape index (κ3) is 4.41. The summed E-state index contributed by atoms with van der Waals surface area (Å²) < 4.78 is 13.8. The number of hydrogen-bond donors (Lipinski definition) is 1. The van der Waals surface area contributed by atoms with Gasteiger partial charge in [-0.2, -0.15) is 0 Å². The number of hydrogen-bond acceptors (Lipinski definition) is 1. The molecule has 0 saturated heterocycles. The number of carbonyl (C=O) groups is 1. The van der Waals surface area contributed by atoms with Crippen LogP contribution in [0.5, 0.6) is 0 Å². The molecule has 0 fully saturated rings. The van der Waals surface area contributed by atoms with Gasteiger partial charge in [-0.15, -0.1) is 0 Å². The Balaban J connectivity index is 2.68. The lowest BCUT2D eigenvalue weighted by atomic mass is 9.80. The zero-order valence-corrected chi connectivity index (χ0v) is 12.8. The highest BCUT2D eigenvalue weighted by molar-refractivity contribution is 9.10. The maximum absolute atomic E-state index is 13.1. The molecule has 0 aliphatic carbocycles. The largest absolute Gasteiger partial charge is 0.325 e. The van der Waals surface area contributed by atoms with Gasteiger partial charge in [0.15, 0.2) is 0 Å². The lowest BCUT2D eigenvalue weighted by Gasteiger charge is -2.26. The van der Waals surface area contributed by atoms with Gasteiger partial charge in [0.25, 0.3) is 0 Å². The van der Waals surface area contributed by atoms with Gasteiger partial charge in [-0.25, -0.2) is 4.39 Å². The summed E-state index contributed by atoms with van der Waals surface area (Å²) in [6.45, 7) is 8.34. The SMILES string of the molecule is CC(CC(=O)Nc1cc(F)ccc1Br)C(C)(C)C. The maximum atomic E-state index is 13.1. The Morgan fingerprint density at radius 1 is 1.44 bits per heavy atom. The summed E-state index contributed by atoms with van der Waals surface area (Å²) in [6, 6.07) is 4.24. The Labute approximate surface area is 116 Å². The second kappa shape index (κ2) is 5.83. The van der Waals surface area contributed by atoms with Gasteiger partial charge in [0.2, 0.25) is 5.91 Å². The van der Waals surface area contributed by atoms with Gasteiger partial charge >= 0.3 is 0 Å². The van der Waals surface area contributed by atoms with Crippen LogP contribution in [0.2, 0.25) is 0 Å². The van der Waals surface area contributed by atoms with Crippen LogP contribution in [-0.2, 0) is 4.79 Å². The molecule has 0 bridgehead atoms. The second-order valence-corrected chi connectivity index (χ2v) is 6.50. The Hall–Kier alpha value is -0.900. The molecule has 0 saturated carbocycles. The summed E-state index contributed by atoms with van der Waals surface area (Å²) in [5, 5.41) is 2.73. The molecule has 1 aromatic rings. The molecule has 0 aromatic heterocycles. The quantitative estimate of drug-likeness (QED) is 0.867. The number of carbonyl (C=O) groups excluding carboxylic acids is 1. The Morgan fingerprint density at radius 3 is 2.61 bits per heavy atom. The topological polar surface area (TPSA) is 29.1 Å². The molecular formula is C14H19BrFNO. The van der Waals surface area contributed by atoms with E-state index in [1.54, 1.807) is 6.07 Å². The average molecular weight is 316 g/mol. The van der Waals surface area contributed by atoms with Crippen molar-refractivity contribution in [3.8, 4) is 0 Å². The molecule has 0 radical (unpaired) electrons. The van der Waals surface area contributed by atoms with Crippen LogP contribution in [0, 0.1) is 17.2 Å². The van der Waals surface area contributed by atoms with Crippen molar-refractivity contribution in [2.75, 3.05) is 5.32 Å². The van der Waals surface area contributed by atoms with E-state index in [0.717, 1.165) is 0 Å². The number of rotatable bonds is 3. The molecule has 1 rings (SSSR count). The monoisotopic (exact) mass is 315 g/mol. The predicted octanol–water partition coefficient (Wildman–Crippen LogP) is 4.60. The first kappa shape index (κ1) is 15.2. The van der Waals surface area contributed by atoms with Crippen LogP contribution in [0.25, 0.3) is 0 Å². The van der Waals surface area contributed by atoms with Gasteiger partial charge in [0, 0.05) is 10.9 Å². The Kier molecular flexibility index (Phi) is 4.91. The number of nitrogens with one attached hydrogen (secondary N) is 1. The summed E-state index contributed by atoms with van der Waals surface area (Å²) >= 11 is 3.28. The van der Waals surface area contributed by atoms with E-state index in [1.165, 1.54) is 12.1 Å². The van der Waals surface area contributed by atoms with Gasteiger partial charge in [-0.05, 0) is 45.5 Å². The number of benzene rings is 1. The third-order valence-electron chi connectivity index (χ3n) is 3.17. The zero-order valence-electron chi connectivity index (χ0n) is 11.2. The minimum atomic E-state index is -0.364. The first-order valence-electron chi connectivity index (χ1n) is 5.95. The van der Waals surface area contributed by atoms with Crippen molar-refractivity contribution >= 4 is 27.5 Å². The second-order valence-electron chi connectivity index (χ2n) is 5.64. The van der Waals surface area contributed by atoms with E-state index in [-0.39, 0.29) is 23.1 Å². The number of halogens is 2. The van der Waals surface area contributed by atoms with Gasteiger partial charge in [-0.3, -0.25) is 4.79 Å². The van der Waals surface area contributed by atoms with Crippen molar-refractivity contribution in [1.82, 2.24) is 0 Å². The zero-order chi connectivity index (χ0) is 13.9. The minimum Gasteiger partial charge on any atom is -0.325 e. The molecule has 1 atom stereocenters. The van der Waals surface area contributed by atoms with Crippen LogP contribution in [0.15, 0.2) is 22.7 Å². The van der Waals surface area contributed by atoms with Gasteiger partial charge in [-0.1, -0.05) is 27.7 Å². The predicted molar refractivity (Wildman–Crippen MR) is 76.0 cm³/mol. The van der Waals surface area contributed by atoms with E-state index in [0.29, 0.717) is 16.6 Å². The molecule has 18 heavy (non-hydrogen) atoms. The summed E-state index contributed by atoms with van der Waals surface area (Å²) in [7, 11) is 0. The number of anilines is 1. The molecule has 100 valence electrons. The van der Waals surface area contributed by atoms with Crippen LogP contribution < -0.4 is 5.32 Å². The molecular weight excluding hydrogens is 297 g/mol. The van der Waals surface area contributed by atoms with Crippen LogP contribution >= 0.6 is 15.9 Å². The molecule has 0 spiro atoms. The molecule has 0 heterocycles. The summed E-state index contributed by atoms with van der Waals surface area (Å²) in [6.07, 6.45) is 0.423. The molecule has 1 N–H and O–H groups in total. The highest BCUT2D eigenvalue weighted by Gasteiger charge is 2.22. The highest BCUT2D eigenvalue weighted by Crippen LogP contribution is 2.29. The van der Waals surface area contributed by atoms with Crippen molar-refractivity contribution in [3.63, 3.8) is 0 Å². The van der Waals surface area contributed by atoms with E-state index < -0.39 is 0 Å². The van der Waals surface area contributed by atoms with Crippen molar-refractivity contribution in [2.45, 2.75) is 34.1 Å². The van der Waals surface area contributed by atoms with Gasteiger partial charge in [0.05, 0.1) is 5.69 Å². The standard InChI is InChI=1S/C14H19BrFNO/c1-9(14(2,3)4)7-13(18)17-12-8-10(16)5-6-11(12)15/h5-6,8-9H,7H2,1-4H3,(H,17,18). The third-order valence-corrected chi connectivity index (χ3v) is 3.86. The van der Waals surface area contributed by atoms with Crippen molar-refractivity contribution in [2.24, 2.45) is 11.3 Å². The molecule has 1 amide bonds. The first-order valence-corrected chi connectivity index (χ1v) is 6.74. The minimum absolute atomic E-state index is 0.0799. The van der Waals surface area contributed by atoms with Crippen molar-refractivity contribution in [1.29, 1.82) is 0 Å². The number of amides is 1. The van der Waals surface area contributed by atoms with Crippen molar-refractivity contribution in [3.05, 3.63) is 28.5 Å². The summed E-state index contributed by atoms with van der Waals surface area (Å²) in [5.41, 5.74) is 0.553. The fourth-order valence-corrected chi connectivity index (χ4v) is 1.72. The molecule has 1 aromatic carbocycles. The molecule has 1 unspecified atom stereocenters. The van der Waals surface area contributed by atoms with Gasteiger partial charge < -0.3 is 5.32 Å². The Bertz CT molecular complexity index is 440. The molecule has 2 nitrogen and oxygen atoms in total. The lowest BCUT2D eigenvalue weighted by molar-refractivity contribution is -0.117. The van der Waals surface area contributed by atoms with Gasteiger partial charge in [0.1, 0.15) is 5.82 Å². The normalized spacial score (nSPS) is 13.2. The van der Waals surface area contributed by atoms with E-state index in [9.17, 15) is 9.18 Å². The average Bonchev–Trinajstić information content (AvgIpc) is 2.22. The first-order chi connectivity index (χ1) is 8.20. The Morgan fingerprint density at radius 2 is 2.06 bits per heavy atom. The summed E-state index contributed by atoms with van der Waals surface area (Å²) in [5.74, 6) is -0.203. The summed E-state index contributed by atoms with van der Waals surface area (Å²) in [4.78, 5) is 11.9. The van der Waals surface area contributed by atoms with Crippen molar-refractivity contribution < 1.29 is 9.18 Å². The maximum Gasteiger partial charge on any atom is 0.224 e.